The molecule has 0 aliphatic heterocycles. The van der Waals surface area contributed by atoms with Crippen LogP contribution < -0.4 is 5.73 Å². The van der Waals surface area contributed by atoms with Gasteiger partial charge in [0.15, 0.2) is 11.6 Å². The lowest BCUT2D eigenvalue weighted by atomic mass is 9.68. The van der Waals surface area contributed by atoms with Crippen molar-refractivity contribution in [2.75, 3.05) is 5.73 Å². The van der Waals surface area contributed by atoms with Crippen LogP contribution in [0.1, 0.15) is 50.7 Å². The average molecular weight is 318 g/mol. The normalized spacial score (nSPS) is 23.0. The van der Waals surface area contributed by atoms with E-state index in [0.717, 1.165) is 12.0 Å². The topological polar surface area (TPSA) is 86.2 Å². The second kappa shape index (κ2) is 5.15. The molecule has 0 heterocycles. The van der Waals surface area contributed by atoms with Gasteiger partial charge in [-0.1, -0.05) is 13.8 Å². The van der Waals surface area contributed by atoms with Crippen LogP contribution in [-0.4, -0.2) is 10.7 Å². The van der Waals surface area contributed by atoms with E-state index in [-0.39, 0.29) is 16.9 Å². The maximum atomic E-state index is 14.2. The smallest absolute Gasteiger partial charge is 0.298 e. The van der Waals surface area contributed by atoms with Gasteiger partial charge in [0.1, 0.15) is 5.69 Å². The molecule has 3 rings (SSSR count). The van der Waals surface area contributed by atoms with Crippen molar-refractivity contribution in [1.82, 2.24) is 0 Å². The summed E-state index contributed by atoms with van der Waals surface area (Å²) in [4.78, 5) is 23.1. The minimum absolute atomic E-state index is 0.0688. The highest BCUT2D eigenvalue weighted by Gasteiger charge is 2.48. The number of anilines is 1. The highest BCUT2D eigenvalue weighted by atomic mass is 19.1. The number of fused-ring (bicyclic) bond motifs is 3. The summed E-state index contributed by atoms with van der Waals surface area (Å²) in [6.07, 6.45) is 2.85. The summed E-state index contributed by atoms with van der Waals surface area (Å²) >= 11 is 0. The van der Waals surface area contributed by atoms with E-state index in [2.05, 4.69) is 0 Å². The summed E-state index contributed by atoms with van der Waals surface area (Å²) < 4.78 is 14.2. The zero-order valence-corrected chi connectivity index (χ0v) is 13.2. The third-order valence-electron chi connectivity index (χ3n) is 5.39. The van der Waals surface area contributed by atoms with Crippen LogP contribution in [0.5, 0.6) is 0 Å². The lowest BCUT2D eigenvalue weighted by Gasteiger charge is -2.35. The van der Waals surface area contributed by atoms with Gasteiger partial charge in [-0.05, 0) is 48.5 Å². The zero-order valence-electron chi connectivity index (χ0n) is 13.2. The van der Waals surface area contributed by atoms with E-state index in [9.17, 15) is 19.3 Å². The summed E-state index contributed by atoms with van der Waals surface area (Å²) in [7, 11) is 0. The van der Waals surface area contributed by atoms with Crippen molar-refractivity contribution in [1.29, 1.82) is 0 Å². The SMILES string of the molecule is CCC1=C2c3cc(F)c(N)c([N+](=O)[O-])c3CC2(CC)CCC1=O. The fourth-order valence-electron chi connectivity index (χ4n) is 4.21. The first-order valence-electron chi connectivity index (χ1n) is 7.88. The number of rotatable bonds is 3. The Balaban J connectivity index is 2.40. The third kappa shape index (κ3) is 2.00. The number of halogens is 1. The van der Waals surface area contributed by atoms with Gasteiger partial charge in [0, 0.05) is 17.4 Å². The largest absolute Gasteiger partial charge is 0.391 e. The van der Waals surface area contributed by atoms with Gasteiger partial charge in [-0.15, -0.1) is 0 Å². The first-order chi connectivity index (χ1) is 10.9. The van der Waals surface area contributed by atoms with E-state index < -0.39 is 16.4 Å². The molecule has 122 valence electrons. The Kier molecular flexibility index (Phi) is 3.50. The number of nitrogen functional groups attached to an aromatic ring is 1. The number of nitrogens with zero attached hydrogens (tertiary/aromatic N) is 1. The van der Waals surface area contributed by atoms with Crippen molar-refractivity contribution < 1.29 is 14.1 Å². The van der Waals surface area contributed by atoms with Crippen LogP contribution in [0, 0.1) is 21.3 Å². The minimum Gasteiger partial charge on any atom is -0.391 e. The molecule has 1 atom stereocenters. The maximum absolute atomic E-state index is 14.2. The molecule has 2 aliphatic carbocycles. The van der Waals surface area contributed by atoms with Gasteiger partial charge in [-0.25, -0.2) is 4.39 Å². The predicted octanol–water partition coefficient (Wildman–Crippen LogP) is 3.80. The average Bonchev–Trinajstić information content (AvgIpc) is 2.83. The highest BCUT2D eigenvalue weighted by molar-refractivity contribution is 6.07. The van der Waals surface area contributed by atoms with Crippen LogP contribution in [-0.2, 0) is 11.2 Å². The number of carbonyl (C=O) groups excluding carboxylic acids is 1. The molecular formula is C17H19FN2O3. The van der Waals surface area contributed by atoms with Crippen LogP contribution >= 0.6 is 0 Å². The van der Waals surface area contributed by atoms with E-state index >= 15 is 0 Å². The Hall–Kier alpha value is -2.24. The summed E-state index contributed by atoms with van der Waals surface area (Å²) in [5.74, 6) is -0.720. The molecule has 1 aromatic carbocycles. The second-order valence-corrected chi connectivity index (χ2v) is 6.34. The van der Waals surface area contributed by atoms with Crippen molar-refractivity contribution >= 4 is 22.7 Å². The Bertz CT molecular complexity index is 770. The molecule has 1 unspecified atom stereocenters. The lowest BCUT2D eigenvalue weighted by molar-refractivity contribution is -0.384. The van der Waals surface area contributed by atoms with E-state index in [1.165, 1.54) is 6.07 Å². The van der Waals surface area contributed by atoms with Crippen molar-refractivity contribution in [2.24, 2.45) is 5.41 Å². The number of nitro benzene ring substituents is 1. The van der Waals surface area contributed by atoms with Gasteiger partial charge in [0.25, 0.3) is 5.69 Å². The molecule has 0 saturated carbocycles. The number of Topliss-reactive ketones (excluding diaryl/α,β-unsaturated/α-hetero) is 1. The predicted molar refractivity (Wildman–Crippen MR) is 85.3 cm³/mol. The standard InChI is InChI=1S/C17H19FN2O3/c1-3-9-13(21)5-6-17(4-2)8-11-10(14(9)17)7-12(18)15(19)16(11)20(22)23/h7H,3-6,8,19H2,1-2H3. The van der Waals surface area contributed by atoms with Crippen LogP contribution in [0.4, 0.5) is 15.8 Å². The van der Waals surface area contributed by atoms with Crippen molar-refractivity contribution in [3.63, 3.8) is 0 Å². The quantitative estimate of drug-likeness (QED) is 0.522. The number of hydrogen-bond acceptors (Lipinski definition) is 4. The fourth-order valence-corrected chi connectivity index (χ4v) is 4.21. The zero-order chi connectivity index (χ0) is 16.9. The van der Waals surface area contributed by atoms with Gasteiger partial charge in [-0.2, -0.15) is 0 Å². The van der Waals surface area contributed by atoms with E-state index in [4.69, 9.17) is 5.73 Å². The number of ketones is 1. The minimum atomic E-state index is -0.789. The number of nitro groups is 1. The molecule has 0 aromatic heterocycles. The van der Waals surface area contributed by atoms with E-state index in [1.807, 2.05) is 13.8 Å². The van der Waals surface area contributed by atoms with Crippen LogP contribution in [0.3, 0.4) is 0 Å². The molecule has 2 aliphatic rings. The molecular weight excluding hydrogens is 299 g/mol. The molecule has 23 heavy (non-hydrogen) atoms. The lowest BCUT2D eigenvalue weighted by Crippen LogP contribution is -2.28. The van der Waals surface area contributed by atoms with Crippen molar-refractivity contribution in [3.05, 3.63) is 38.7 Å². The van der Waals surface area contributed by atoms with Crippen LogP contribution in [0.15, 0.2) is 11.6 Å². The molecule has 5 nitrogen and oxygen atoms in total. The van der Waals surface area contributed by atoms with Crippen LogP contribution in [0.2, 0.25) is 0 Å². The molecule has 0 spiro atoms. The van der Waals surface area contributed by atoms with E-state index in [0.29, 0.717) is 42.4 Å². The molecule has 1 aromatic rings. The molecule has 2 N–H and O–H groups in total. The first kappa shape index (κ1) is 15.6. The number of allylic oxidation sites excluding steroid dienone is 2. The van der Waals surface area contributed by atoms with Gasteiger partial charge >= 0.3 is 0 Å². The third-order valence-corrected chi connectivity index (χ3v) is 5.39. The van der Waals surface area contributed by atoms with Gasteiger partial charge in [0.05, 0.1) is 4.92 Å². The number of nitrogens with two attached hydrogens (primary N) is 1. The monoisotopic (exact) mass is 318 g/mol. The Morgan fingerprint density at radius 2 is 2.13 bits per heavy atom. The van der Waals surface area contributed by atoms with Gasteiger partial charge < -0.3 is 5.73 Å². The van der Waals surface area contributed by atoms with Crippen molar-refractivity contribution in [3.8, 4) is 0 Å². The summed E-state index contributed by atoms with van der Waals surface area (Å²) in [6.45, 7) is 3.91. The summed E-state index contributed by atoms with van der Waals surface area (Å²) in [5.41, 5.74) is 7.06. The molecule has 0 amide bonds. The molecule has 0 radical (unpaired) electrons. The maximum Gasteiger partial charge on any atom is 0.298 e. The number of carbonyl (C=O) groups is 1. The Labute approximate surface area is 133 Å². The molecule has 0 fully saturated rings. The van der Waals surface area contributed by atoms with Crippen molar-refractivity contribution in [2.45, 2.75) is 46.0 Å². The second-order valence-electron chi connectivity index (χ2n) is 6.34. The summed E-state index contributed by atoms with van der Waals surface area (Å²) in [6, 6.07) is 1.28. The van der Waals surface area contributed by atoms with Gasteiger partial charge in [-0.3, -0.25) is 14.9 Å². The Morgan fingerprint density at radius 1 is 1.43 bits per heavy atom. The fraction of sp³-hybridized carbons (Fsp3) is 0.471. The van der Waals surface area contributed by atoms with Gasteiger partial charge in [0.2, 0.25) is 0 Å². The Morgan fingerprint density at radius 3 is 2.70 bits per heavy atom. The number of hydrogen-bond donors (Lipinski definition) is 1. The molecule has 0 saturated heterocycles. The molecule has 0 bridgehead atoms. The number of benzene rings is 1. The first-order valence-corrected chi connectivity index (χ1v) is 7.88. The van der Waals surface area contributed by atoms with Crippen LogP contribution in [0.25, 0.3) is 5.57 Å². The van der Waals surface area contributed by atoms with E-state index in [1.54, 1.807) is 0 Å². The highest BCUT2D eigenvalue weighted by Crippen LogP contribution is 2.58. The summed E-state index contributed by atoms with van der Waals surface area (Å²) in [5, 5.41) is 11.4. The molecule has 6 heteroatoms.